The summed E-state index contributed by atoms with van der Waals surface area (Å²) in [6.45, 7) is 2.20. The number of carbonyl (C=O) groups excluding carboxylic acids is 2. The van der Waals surface area contributed by atoms with Crippen molar-refractivity contribution in [2.75, 3.05) is 5.32 Å². The highest BCUT2D eigenvalue weighted by Crippen LogP contribution is 2.24. The van der Waals surface area contributed by atoms with Crippen molar-refractivity contribution in [1.29, 1.82) is 0 Å². The Morgan fingerprint density at radius 1 is 1.45 bits per heavy atom. The maximum atomic E-state index is 12.3. The van der Waals surface area contributed by atoms with Crippen LogP contribution in [0.25, 0.3) is 0 Å². The van der Waals surface area contributed by atoms with Crippen molar-refractivity contribution < 1.29 is 9.59 Å². The van der Waals surface area contributed by atoms with Crippen LogP contribution in [-0.4, -0.2) is 27.7 Å². The van der Waals surface area contributed by atoms with Gasteiger partial charge in [0.25, 0.3) is 5.91 Å². The molecular weight excluding hydrogens is 274 g/mol. The van der Waals surface area contributed by atoms with E-state index in [4.69, 9.17) is 0 Å². The van der Waals surface area contributed by atoms with Crippen LogP contribution in [0.5, 0.6) is 0 Å². The topological polar surface area (TPSA) is 62.3 Å². The van der Waals surface area contributed by atoms with Gasteiger partial charge < -0.3 is 10.2 Å². The van der Waals surface area contributed by atoms with E-state index in [-0.39, 0.29) is 11.8 Å². The molecule has 0 aliphatic carbocycles. The summed E-state index contributed by atoms with van der Waals surface area (Å²) in [4.78, 5) is 30.0. The van der Waals surface area contributed by atoms with E-state index in [9.17, 15) is 9.59 Å². The summed E-state index contributed by atoms with van der Waals surface area (Å²) < 4.78 is 0. The van der Waals surface area contributed by atoms with Gasteiger partial charge in [-0.15, -0.1) is 11.3 Å². The maximum absolute atomic E-state index is 12.3. The number of rotatable bonds is 3. The number of amides is 2. The van der Waals surface area contributed by atoms with Gasteiger partial charge in [-0.05, 0) is 18.6 Å². The van der Waals surface area contributed by atoms with Gasteiger partial charge in [0.2, 0.25) is 5.91 Å². The number of benzene rings is 1. The average Bonchev–Trinajstić information content (AvgIpc) is 3.07. The number of aromatic nitrogens is 1. The molecule has 0 saturated heterocycles. The fraction of sp³-hybridized carbons (Fsp3) is 0.214. The summed E-state index contributed by atoms with van der Waals surface area (Å²) in [7, 11) is 0. The molecule has 1 aliphatic heterocycles. The summed E-state index contributed by atoms with van der Waals surface area (Å²) in [6, 6.07) is 6.91. The summed E-state index contributed by atoms with van der Waals surface area (Å²) in [5.74, 6) is -0.316. The first kappa shape index (κ1) is 12.8. The van der Waals surface area contributed by atoms with Crippen LogP contribution >= 0.6 is 11.3 Å². The Morgan fingerprint density at radius 3 is 2.95 bits per heavy atom. The summed E-state index contributed by atoms with van der Waals surface area (Å²) in [5, 5.41) is 5.06. The molecule has 0 spiro atoms. The van der Waals surface area contributed by atoms with Gasteiger partial charge >= 0.3 is 0 Å². The molecule has 1 aromatic carbocycles. The number of hydrogen-bond donors (Lipinski definition) is 1. The second-order valence-corrected chi connectivity index (χ2v) is 5.49. The number of fused-ring (bicyclic) bond motifs is 1. The first-order valence-electron chi connectivity index (χ1n) is 6.26. The third-order valence-electron chi connectivity index (χ3n) is 3.36. The molecule has 2 aromatic rings. The Kier molecular flexibility index (Phi) is 3.23. The van der Waals surface area contributed by atoms with Crippen LogP contribution in [0.2, 0.25) is 0 Å². The van der Waals surface area contributed by atoms with E-state index in [0.29, 0.717) is 17.2 Å². The summed E-state index contributed by atoms with van der Waals surface area (Å²) >= 11 is 1.35. The molecule has 2 heterocycles. The van der Waals surface area contributed by atoms with Crippen molar-refractivity contribution in [3.05, 3.63) is 47.0 Å². The van der Waals surface area contributed by atoms with Crippen LogP contribution in [0, 0.1) is 0 Å². The third-order valence-corrected chi connectivity index (χ3v) is 4.05. The fourth-order valence-electron chi connectivity index (χ4n) is 2.23. The molecule has 1 unspecified atom stereocenters. The van der Waals surface area contributed by atoms with Crippen LogP contribution in [0.4, 0.5) is 5.13 Å². The van der Waals surface area contributed by atoms with Gasteiger partial charge in [-0.2, -0.15) is 0 Å². The number of hydrogen-bond acceptors (Lipinski definition) is 4. The van der Waals surface area contributed by atoms with Gasteiger partial charge in [0.15, 0.2) is 5.13 Å². The Bertz CT molecular complexity index is 654. The van der Waals surface area contributed by atoms with Crippen LogP contribution in [-0.2, 0) is 11.3 Å². The molecule has 2 amide bonds. The predicted octanol–water partition coefficient (Wildman–Crippen LogP) is 2.13. The second kappa shape index (κ2) is 5.05. The van der Waals surface area contributed by atoms with E-state index in [1.165, 1.54) is 11.3 Å². The van der Waals surface area contributed by atoms with Crippen molar-refractivity contribution in [1.82, 2.24) is 9.88 Å². The lowest BCUT2D eigenvalue weighted by molar-refractivity contribution is -0.120. The van der Waals surface area contributed by atoms with Crippen molar-refractivity contribution in [3.8, 4) is 0 Å². The molecular formula is C14H13N3O2S. The molecule has 0 radical (unpaired) electrons. The highest BCUT2D eigenvalue weighted by Gasteiger charge is 2.33. The molecule has 20 heavy (non-hydrogen) atoms. The average molecular weight is 287 g/mol. The van der Waals surface area contributed by atoms with Crippen LogP contribution < -0.4 is 5.32 Å². The van der Waals surface area contributed by atoms with Crippen molar-refractivity contribution in [2.45, 2.75) is 19.5 Å². The number of nitrogens with zero attached hydrogens (tertiary/aromatic N) is 2. The van der Waals surface area contributed by atoms with Crippen LogP contribution in [0.3, 0.4) is 0 Å². The largest absolute Gasteiger partial charge is 0.323 e. The molecule has 1 N–H and O–H groups in total. The van der Waals surface area contributed by atoms with Gasteiger partial charge in [0.1, 0.15) is 6.04 Å². The lowest BCUT2D eigenvalue weighted by Crippen LogP contribution is -2.42. The van der Waals surface area contributed by atoms with E-state index in [1.54, 1.807) is 29.5 Å². The lowest BCUT2D eigenvalue weighted by atomic mass is 10.1. The molecule has 6 heteroatoms. The standard InChI is InChI=1S/C14H13N3O2S/c1-9(12(18)16-14-15-6-7-20-14)17-8-10-4-2-3-5-11(10)13(17)19/h2-7,9H,8H2,1H3,(H,15,16,18). The Hall–Kier alpha value is -2.21. The van der Waals surface area contributed by atoms with Crippen molar-refractivity contribution >= 4 is 28.3 Å². The SMILES string of the molecule is CC(C(=O)Nc1nccs1)N1Cc2ccccc2C1=O. The normalized spacial score (nSPS) is 15.1. The lowest BCUT2D eigenvalue weighted by Gasteiger charge is -2.22. The molecule has 102 valence electrons. The minimum absolute atomic E-state index is 0.0950. The molecule has 3 rings (SSSR count). The molecule has 1 aromatic heterocycles. The van der Waals surface area contributed by atoms with Crippen molar-refractivity contribution in [2.24, 2.45) is 0 Å². The van der Waals surface area contributed by atoms with Crippen LogP contribution in [0.1, 0.15) is 22.8 Å². The summed E-state index contributed by atoms with van der Waals surface area (Å²) in [6.07, 6.45) is 1.63. The Morgan fingerprint density at radius 2 is 2.25 bits per heavy atom. The van der Waals surface area contributed by atoms with Crippen molar-refractivity contribution in [3.63, 3.8) is 0 Å². The highest BCUT2D eigenvalue weighted by atomic mass is 32.1. The highest BCUT2D eigenvalue weighted by molar-refractivity contribution is 7.13. The van der Waals surface area contributed by atoms with E-state index >= 15 is 0 Å². The zero-order chi connectivity index (χ0) is 14.1. The minimum atomic E-state index is -0.529. The fourth-order valence-corrected chi connectivity index (χ4v) is 2.76. The number of thiazole rings is 1. The van der Waals surface area contributed by atoms with Crippen LogP contribution in [0.15, 0.2) is 35.8 Å². The van der Waals surface area contributed by atoms with E-state index < -0.39 is 6.04 Å². The molecule has 1 aliphatic rings. The molecule has 5 nitrogen and oxygen atoms in total. The van der Waals surface area contributed by atoms with E-state index in [1.807, 2.05) is 18.2 Å². The number of carbonyl (C=O) groups is 2. The van der Waals surface area contributed by atoms with Gasteiger partial charge in [-0.1, -0.05) is 18.2 Å². The number of nitrogens with one attached hydrogen (secondary N) is 1. The van der Waals surface area contributed by atoms with E-state index in [0.717, 1.165) is 5.56 Å². The maximum Gasteiger partial charge on any atom is 0.255 e. The van der Waals surface area contributed by atoms with Gasteiger partial charge in [0.05, 0.1) is 0 Å². The van der Waals surface area contributed by atoms with Gasteiger partial charge in [-0.3, -0.25) is 9.59 Å². The number of anilines is 1. The molecule has 0 saturated carbocycles. The minimum Gasteiger partial charge on any atom is -0.323 e. The monoisotopic (exact) mass is 287 g/mol. The third kappa shape index (κ3) is 2.18. The smallest absolute Gasteiger partial charge is 0.255 e. The quantitative estimate of drug-likeness (QED) is 0.940. The zero-order valence-electron chi connectivity index (χ0n) is 10.9. The summed E-state index contributed by atoms with van der Waals surface area (Å²) in [5.41, 5.74) is 1.65. The Balaban J connectivity index is 1.74. The predicted molar refractivity (Wildman–Crippen MR) is 76.5 cm³/mol. The second-order valence-electron chi connectivity index (χ2n) is 4.59. The molecule has 0 fully saturated rings. The van der Waals surface area contributed by atoms with E-state index in [2.05, 4.69) is 10.3 Å². The first-order valence-corrected chi connectivity index (χ1v) is 7.14. The zero-order valence-corrected chi connectivity index (χ0v) is 11.7. The first-order chi connectivity index (χ1) is 9.66. The van der Waals surface area contributed by atoms with Gasteiger partial charge in [0, 0.05) is 23.7 Å². The van der Waals surface area contributed by atoms with Gasteiger partial charge in [-0.25, -0.2) is 4.98 Å². The Labute approximate surface area is 120 Å². The molecule has 1 atom stereocenters. The molecule has 0 bridgehead atoms.